The molecular weight excluding hydrogens is 316 g/mol. The van der Waals surface area contributed by atoms with E-state index in [1.165, 1.54) is 6.07 Å². The minimum absolute atomic E-state index is 0.261. The van der Waals surface area contributed by atoms with Gasteiger partial charge >= 0.3 is 5.69 Å². The summed E-state index contributed by atoms with van der Waals surface area (Å²) in [5.41, 5.74) is 0.356. The Hall–Kier alpha value is -2.26. The van der Waals surface area contributed by atoms with E-state index in [0.717, 1.165) is 10.1 Å². The topological polar surface area (TPSA) is 125 Å². The van der Waals surface area contributed by atoms with Crippen LogP contribution in [0.15, 0.2) is 39.9 Å². The van der Waals surface area contributed by atoms with E-state index in [0.29, 0.717) is 5.56 Å². The van der Waals surface area contributed by atoms with Gasteiger partial charge in [-0.3, -0.25) is 14.3 Å². The Labute approximate surface area is 136 Å². The molecule has 1 saturated heterocycles. The van der Waals surface area contributed by atoms with Gasteiger partial charge in [0.2, 0.25) is 0 Å². The van der Waals surface area contributed by atoms with E-state index in [-0.39, 0.29) is 5.69 Å². The maximum atomic E-state index is 12.4. The maximum Gasteiger partial charge on any atom is 0.331 e. The van der Waals surface area contributed by atoms with Crippen LogP contribution in [-0.4, -0.2) is 49.8 Å². The van der Waals surface area contributed by atoms with Crippen molar-refractivity contribution in [2.75, 3.05) is 6.61 Å². The molecule has 4 N–H and O–H groups in total. The fraction of sp³-hybridized carbons (Fsp3) is 0.375. The van der Waals surface area contributed by atoms with Crippen molar-refractivity contribution in [3.05, 3.63) is 56.7 Å². The van der Waals surface area contributed by atoms with Crippen molar-refractivity contribution in [1.82, 2.24) is 9.55 Å². The SMILES string of the molecule is Cc1ccccc1-c1cc(=O)[nH]c(=O)n1[C@@H]1O[C@H](CO)[C@@H](O)[C@H]1O. The van der Waals surface area contributed by atoms with Gasteiger partial charge in [-0.2, -0.15) is 0 Å². The van der Waals surface area contributed by atoms with E-state index in [2.05, 4.69) is 4.98 Å². The van der Waals surface area contributed by atoms with E-state index < -0.39 is 42.4 Å². The molecule has 0 spiro atoms. The van der Waals surface area contributed by atoms with E-state index in [1.807, 2.05) is 19.1 Å². The number of hydrogen-bond acceptors (Lipinski definition) is 6. The van der Waals surface area contributed by atoms with Crippen LogP contribution in [0.1, 0.15) is 11.8 Å². The molecule has 1 aromatic carbocycles. The Morgan fingerprint density at radius 3 is 2.54 bits per heavy atom. The summed E-state index contributed by atoms with van der Waals surface area (Å²) in [5.74, 6) is 0. The Morgan fingerprint density at radius 2 is 1.92 bits per heavy atom. The summed E-state index contributed by atoms with van der Waals surface area (Å²) < 4.78 is 6.53. The number of nitrogens with one attached hydrogen (secondary N) is 1. The lowest BCUT2D eigenvalue weighted by Crippen LogP contribution is -2.39. The monoisotopic (exact) mass is 334 g/mol. The molecule has 0 aliphatic carbocycles. The summed E-state index contributed by atoms with van der Waals surface area (Å²) in [6, 6.07) is 8.37. The smallest absolute Gasteiger partial charge is 0.331 e. The number of nitrogens with zero attached hydrogens (tertiary/aromatic N) is 1. The first-order chi connectivity index (χ1) is 11.4. The van der Waals surface area contributed by atoms with Gasteiger partial charge in [-0.1, -0.05) is 24.3 Å². The second-order valence-electron chi connectivity index (χ2n) is 5.74. The van der Waals surface area contributed by atoms with Crippen LogP contribution in [0.5, 0.6) is 0 Å². The molecule has 4 atom stereocenters. The van der Waals surface area contributed by atoms with Gasteiger partial charge in [-0.05, 0) is 12.5 Å². The molecule has 0 amide bonds. The molecule has 1 fully saturated rings. The number of ether oxygens (including phenoxy) is 1. The Balaban J connectivity index is 2.21. The maximum absolute atomic E-state index is 12.4. The van der Waals surface area contributed by atoms with E-state index in [4.69, 9.17) is 4.74 Å². The highest BCUT2D eigenvalue weighted by molar-refractivity contribution is 5.63. The lowest BCUT2D eigenvalue weighted by atomic mass is 10.0. The highest BCUT2D eigenvalue weighted by atomic mass is 16.6. The number of benzene rings is 1. The van der Waals surface area contributed by atoms with Crippen molar-refractivity contribution in [1.29, 1.82) is 0 Å². The van der Waals surface area contributed by atoms with Crippen LogP contribution in [0.3, 0.4) is 0 Å². The minimum Gasteiger partial charge on any atom is -0.394 e. The standard InChI is InChI=1S/C16H18N2O6/c1-8-4-2-3-5-9(8)10-6-12(20)17-16(23)18(10)15-14(22)13(21)11(7-19)24-15/h2-6,11,13-15,19,21-22H,7H2,1H3,(H,17,20,23)/t11-,13-,14-,15-/m1/s1. The summed E-state index contributed by atoms with van der Waals surface area (Å²) in [5, 5.41) is 29.4. The van der Waals surface area contributed by atoms with Crippen LogP contribution >= 0.6 is 0 Å². The summed E-state index contributed by atoms with van der Waals surface area (Å²) in [6.45, 7) is 1.31. The van der Waals surface area contributed by atoms with E-state index in [1.54, 1.807) is 12.1 Å². The van der Waals surface area contributed by atoms with Crippen molar-refractivity contribution in [2.24, 2.45) is 0 Å². The lowest BCUT2D eigenvalue weighted by Gasteiger charge is -2.21. The predicted octanol–water partition coefficient (Wildman–Crippen LogP) is -0.876. The third-order valence-corrected chi connectivity index (χ3v) is 4.17. The third kappa shape index (κ3) is 2.69. The molecule has 2 heterocycles. The number of aromatic nitrogens is 2. The molecule has 3 rings (SSSR count). The number of rotatable bonds is 3. The molecule has 1 aliphatic heterocycles. The molecule has 24 heavy (non-hydrogen) atoms. The van der Waals surface area contributed by atoms with Crippen LogP contribution < -0.4 is 11.2 Å². The highest BCUT2D eigenvalue weighted by Crippen LogP contribution is 2.32. The molecule has 0 radical (unpaired) electrons. The van der Waals surface area contributed by atoms with Gasteiger partial charge in [-0.15, -0.1) is 0 Å². The molecule has 2 aromatic rings. The second kappa shape index (κ2) is 6.33. The van der Waals surface area contributed by atoms with Gasteiger partial charge in [0, 0.05) is 11.6 Å². The third-order valence-electron chi connectivity index (χ3n) is 4.17. The highest BCUT2D eigenvalue weighted by Gasteiger charge is 2.44. The number of aromatic amines is 1. The normalized spacial score (nSPS) is 26.7. The van der Waals surface area contributed by atoms with Gasteiger partial charge in [0.1, 0.15) is 18.3 Å². The van der Waals surface area contributed by atoms with Gasteiger partial charge in [0.05, 0.1) is 12.3 Å². The molecule has 0 unspecified atom stereocenters. The van der Waals surface area contributed by atoms with Gasteiger partial charge in [0.25, 0.3) is 5.56 Å². The van der Waals surface area contributed by atoms with Crippen molar-refractivity contribution in [3.63, 3.8) is 0 Å². The summed E-state index contributed by atoms with van der Waals surface area (Å²) in [4.78, 5) is 26.2. The van der Waals surface area contributed by atoms with Crippen molar-refractivity contribution < 1.29 is 20.1 Å². The van der Waals surface area contributed by atoms with Gasteiger partial charge in [0.15, 0.2) is 6.23 Å². The zero-order valence-corrected chi connectivity index (χ0v) is 12.9. The molecule has 1 aliphatic rings. The molecular formula is C16H18N2O6. The average Bonchev–Trinajstić information content (AvgIpc) is 2.82. The molecule has 0 bridgehead atoms. The molecule has 8 heteroatoms. The van der Waals surface area contributed by atoms with Crippen molar-refractivity contribution in [3.8, 4) is 11.3 Å². The van der Waals surface area contributed by atoms with Crippen molar-refractivity contribution >= 4 is 0 Å². The fourth-order valence-electron chi connectivity index (χ4n) is 2.92. The van der Waals surface area contributed by atoms with Gasteiger partial charge < -0.3 is 20.1 Å². The van der Waals surface area contributed by atoms with Gasteiger partial charge in [-0.25, -0.2) is 4.79 Å². The second-order valence-corrected chi connectivity index (χ2v) is 5.74. The minimum atomic E-state index is -1.42. The van der Waals surface area contributed by atoms with Crippen LogP contribution in [0.4, 0.5) is 0 Å². The number of aryl methyl sites for hydroxylation is 1. The summed E-state index contributed by atoms with van der Waals surface area (Å²) >= 11 is 0. The Morgan fingerprint density at radius 1 is 1.21 bits per heavy atom. The van der Waals surface area contributed by atoms with E-state index in [9.17, 15) is 24.9 Å². The zero-order valence-electron chi connectivity index (χ0n) is 12.9. The van der Waals surface area contributed by atoms with Crippen molar-refractivity contribution in [2.45, 2.75) is 31.5 Å². The average molecular weight is 334 g/mol. The number of H-pyrrole nitrogens is 1. The Kier molecular flexibility index (Phi) is 4.37. The van der Waals surface area contributed by atoms with Crippen LogP contribution in [0.2, 0.25) is 0 Å². The molecule has 8 nitrogen and oxygen atoms in total. The predicted molar refractivity (Wildman–Crippen MR) is 84.5 cm³/mol. The quantitative estimate of drug-likeness (QED) is 0.578. The van der Waals surface area contributed by atoms with Crippen LogP contribution in [0, 0.1) is 6.92 Å². The van der Waals surface area contributed by atoms with Crippen LogP contribution in [0.25, 0.3) is 11.3 Å². The number of hydrogen-bond donors (Lipinski definition) is 4. The molecule has 1 aromatic heterocycles. The summed E-state index contributed by atoms with van der Waals surface area (Å²) in [7, 11) is 0. The first-order valence-corrected chi connectivity index (χ1v) is 7.48. The van der Waals surface area contributed by atoms with E-state index >= 15 is 0 Å². The zero-order chi connectivity index (χ0) is 17.4. The lowest BCUT2D eigenvalue weighted by molar-refractivity contribution is -0.0541. The largest absolute Gasteiger partial charge is 0.394 e. The Bertz CT molecular complexity index is 858. The summed E-state index contributed by atoms with van der Waals surface area (Å²) in [6.07, 6.45) is -5.01. The molecule has 0 saturated carbocycles. The first-order valence-electron chi connectivity index (χ1n) is 7.48. The number of aliphatic hydroxyl groups excluding tert-OH is 3. The van der Waals surface area contributed by atoms with Crippen LogP contribution in [-0.2, 0) is 4.74 Å². The fourth-order valence-corrected chi connectivity index (χ4v) is 2.92. The molecule has 128 valence electrons. The number of aliphatic hydroxyl groups is 3. The first kappa shape index (κ1) is 16.6.